The van der Waals surface area contributed by atoms with E-state index in [2.05, 4.69) is 5.48 Å². The van der Waals surface area contributed by atoms with Gasteiger partial charge in [0.25, 0.3) is 0 Å². The molecule has 0 aromatic rings. The van der Waals surface area contributed by atoms with Crippen LogP contribution in [0.1, 0.15) is 6.92 Å². The summed E-state index contributed by atoms with van der Waals surface area (Å²) in [4.78, 5) is 16.3. The Labute approximate surface area is 81.2 Å². The Balaban J connectivity index is 2.14. The van der Waals surface area contributed by atoms with Gasteiger partial charge < -0.3 is 4.74 Å². The van der Waals surface area contributed by atoms with Gasteiger partial charge in [-0.3, -0.25) is 0 Å². The monoisotopic (exact) mass is 194 g/mol. The van der Waals surface area contributed by atoms with Crippen molar-refractivity contribution in [1.29, 1.82) is 0 Å². The highest BCUT2D eigenvalue weighted by Crippen LogP contribution is 2.20. The second kappa shape index (κ2) is 3.55. The number of esters is 1. The van der Waals surface area contributed by atoms with Crippen LogP contribution in [-0.4, -0.2) is 17.6 Å². The third kappa shape index (κ3) is 1.49. The molecular weight excluding hydrogens is 184 g/mol. The van der Waals surface area contributed by atoms with Crippen molar-refractivity contribution in [3.8, 4) is 0 Å². The van der Waals surface area contributed by atoms with Gasteiger partial charge in [0.05, 0.1) is 24.1 Å². The minimum Gasteiger partial charge on any atom is -0.462 e. The Kier molecular flexibility index (Phi) is 2.24. The Morgan fingerprint density at radius 2 is 2.57 bits per heavy atom. The zero-order valence-corrected chi connectivity index (χ0v) is 7.69. The zero-order chi connectivity index (χ0) is 9.97. The molecule has 0 fully saturated rings. The van der Waals surface area contributed by atoms with Crippen LogP contribution < -0.4 is 5.48 Å². The lowest BCUT2D eigenvalue weighted by atomic mass is 10.2. The van der Waals surface area contributed by atoms with Crippen LogP contribution in [0.4, 0.5) is 0 Å². The van der Waals surface area contributed by atoms with E-state index in [1.807, 2.05) is 0 Å². The van der Waals surface area contributed by atoms with Gasteiger partial charge in [-0.25, -0.2) is 15.3 Å². The molecule has 0 aromatic carbocycles. The average Bonchev–Trinajstić information content (AvgIpc) is 2.64. The van der Waals surface area contributed by atoms with Gasteiger partial charge in [-0.05, 0) is 19.1 Å². The molecule has 14 heavy (non-hydrogen) atoms. The minimum atomic E-state index is -0.323. The lowest BCUT2D eigenvalue weighted by Gasteiger charge is -2.15. The van der Waals surface area contributed by atoms with E-state index in [1.54, 1.807) is 31.5 Å². The molecule has 0 unspecified atom stereocenters. The molecule has 2 aliphatic rings. The van der Waals surface area contributed by atoms with Crippen molar-refractivity contribution in [1.82, 2.24) is 10.5 Å². The summed E-state index contributed by atoms with van der Waals surface area (Å²) in [6, 6.07) is 0. The normalized spacial score (nSPS) is 18.2. The van der Waals surface area contributed by atoms with Crippen LogP contribution in [0.5, 0.6) is 0 Å². The molecule has 0 radical (unpaired) electrons. The van der Waals surface area contributed by atoms with Crippen molar-refractivity contribution < 1.29 is 14.5 Å². The number of nitrogens with one attached hydrogen (secondary N) is 1. The summed E-state index contributed by atoms with van der Waals surface area (Å²) >= 11 is 0. The molecular formula is C9H10N2O3. The fourth-order valence-corrected chi connectivity index (χ4v) is 1.18. The van der Waals surface area contributed by atoms with Gasteiger partial charge in [0, 0.05) is 6.20 Å². The van der Waals surface area contributed by atoms with Gasteiger partial charge in [0.2, 0.25) is 0 Å². The highest BCUT2D eigenvalue weighted by Gasteiger charge is 2.19. The van der Waals surface area contributed by atoms with Crippen molar-refractivity contribution in [3.63, 3.8) is 0 Å². The van der Waals surface area contributed by atoms with Crippen LogP contribution in [0.15, 0.2) is 35.8 Å². The van der Waals surface area contributed by atoms with Gasteiger partial charge in [0.1, 0.15) is 0 Å². The van der Waals surface area contributed by atoms with Gasteiger partial charge >= 0.3 is 5.97 Å². The van der Waals surface area contributed by atoms with Crippen LogP contribution in [0.25, 0.3) is 0 Å². The maximum atomic E-state index is 11.3. The molecule has 0 saturated carbocycles. The summed E-state index contributed by atoms with van der Waals surface area (Å²) < 4.78 is 4.86. The third-order valence-electron chi connectivity index (χ3n) is 1.82. The molecule has 0 amide bonds. The number of hydrogen-bond acceptors (Lipinski definition) is 5. The SMILES string of the molecule is CCOC(=O)C1=CC2=CNON2C=C1. The molecule has 5 nitrogen and oxygen atoms in total. The molecule has 2 heterocycles. The molecule has 0 atom stereocenters. The molecule has 1 N–H and O–H groups in total. The number of hydrogen-bond donors (Lipinski definition) is 1. The first kappa shape index (κ1) is 8.83. The van der Waals surface area contributed by atoms with Crippen molar-refractivity contribution in [2.75, 3.05) is 6.61 Å². The molecule has 0 aromatic heterocycles. The summed E-state index contributed by atoms with van der Waals surface area (Å²) in [7, 11) is 0. The molecule has 0 spiro atoms. The third-order valence-corrected chi connectivity index (χ3v) is 1.82. The van der Waals surface area contributed by atoms with E-state index in [0.717, 1.165) is 5.70 Å². The standard InChI is InChI=1S/C9H10N2O3/c1-2-13-9(12)7-3-4-11-8(5-7)6-10-14-11/h3-6,10H,2H2,1H3. The molecule has 0 saturated heterocycles. The first-order valence-electron chi connectivity index (χ1n) is 4.30. The second-order valence-electron chi connectivity index (χ2n) is 2.74. The van der Waals surface area contributed by atoms with Crippen LogP contribution in [0.2, 0.25) is 0 Å². The first-order chi connectivity index (χ1) is 6.81. The predicted molar refractivity (Wildman–Crippen MR) is 48.0 cm³/mol. The predicted octanol–water partition coefficient (Wildman–Crippen LogP) is 0.596. The van der Waals surface area contributed by atoms with Crippen LogP contribution in [0.3, 0.4) is 0 Å². The van der Waals surface area contributed by atoms with Crippen molar-refractivity contribution in [2.24, 2.45) is 0 Å². The van der Waals surface area contributed by atoms with Crippen LogP contribution >= 0.6 is 0 Å². The number of carbonyl (C=O) groups is 1. The maximum absolute atomic E-state index is 11.3. The van der Waals surface area contributed by atoms with E-state index < -0.39 is 0 Å². The van der Waals surface area contributed by atoms with E-state index in [-0.39, 0.29) is 5.97 Å². The average molecular weight is 194 g/mol. The van der Waals surface area contributed by atoms with E-state index in [4.69, 9.17) is 9.68 Å². The number of allylic oxidation sites excluding steroid dienone is 1. The van der Waals surface area contributed by atoms with Gasteiger partial charge in [0.15, 0.2) is 0 Å². The van der Waals surface area contributed by atoms with Crippen molar-refractivity contribution in [2.45, 2.75) is 6.92 Å². The largest absolute Gasteiger partial charge is 0.462 e. The fraction of sp³-hybridized carbons (Fsp3) is 0.222. The molecule has 2 aliphatic heterocycles. The Hall–Kier alpha value is -1.75. The van der Waals surface area contributed by atoms with E-state index in [9.17, 15) is 4.79 Å². The lowest BCUT2D eigenvalue weighted by molar-refractivity contribution is -0.138. The van der Waals surface area contributed by atoms with Crippen molar-refractivity contribution >= 4 is 5.97 Å². The van der Waals surface area contributed by atoms with Crippen LogP contribution in [0, 0.1) is 0 Å². The van der Waals surface area contributed by atoms with Gasteiger partial charge in [-0.2, -0.15) is 4.94 Å². The van der Waals surface area contributed by atoms with Crippen molar-refractivity contribution in [3.05, 3.63) is 35.8 Å². The number of ether oxygens (including phenoxy) is 1. The smallest absolute Gasteiger partial charge is 0.338 e. The molecule has 0 aliphatic carbocycles. The lowest BCUT2D eigenvalue weighted by Crippen LogP contribution is -2.18. The first-order valence-corrected chi connectivity index (χ1v) is 4.30. The minimum absolute atomic E-state index is 0.323. The van der Waals surface area contributed by atoms with E-state index in [1.165, 1.54) is 5.06 Å². The van der Waals surface area contributed by atoms with Crippen LogP contribution in [-0.2, 0) is 14.5 Å². The number of fused-ring (bicyclic) bond motifs is 1. The summed E-state index contributed by atoms with van der Waals surface area (Å²) in [5.41, 5.74) is 3.86. The number of rotatable bonds is 2. The summed E-state index contributed by atoms with van der Waals surface area (Å²) in [6.45, 7) is 2.15. The van der Waals surface area contributed by atoms with Gasteiger partial charge in [-0.1, -0.05) is 0 Å². The molecule has 74 valence electrons. The summed E-state index contributed by atoms with van der Waals surface area (Å²) in [5, 5.41) is 1.52. The quantitative estimate of drug-likeness (QED) is 0.652. The number of hydroxylamine groups is 3. The van der Waals surface area contributed by atoms with Gasteiger partial charge in [-0.15, -0.1) is 0 Å². The number of carbonyl (C=O) groups excluding carboxylic acids is 1. The summed E-state index contributed by atoms with van der Waals surface area (Å²) in [6.07, 6.45) is 6.64. The Morgan fingerprint density at radius 3 is 3.36 bits per heavy atom. The maximum Gasteiger partial charge on any atom is 0.338 e. The molecule has 0 bridgehead atoms. The number of nitrogens with zero attached hydrogens (tertiary/aromatic N) is 1. The second-order valence-corrected chi connectivity index (χ2v) is 2.74. The highest BCUT2D eigenvalue weighted by molar-refractivity contribution is 5.92. The fourth-order valence-electron chi connectivity index (χ4n) is 1.18. The Morgan fingerprint density at radius 1 is 1.71 bits per heavy atom. The Bertz CT molecular complexity index is 344. The summed E-state index contributed by atoms with van der Waals surface area (Å²) in [5.74, 6) is -0.323. The van der Waals surface area contributed by atoms with E-state index >= 15 is 0 Å². The zero-order valence-electron chi connectivity index (χ0n) is 7.69. The molecule has 5 heteroatoms. The van der Waals surface area contributed by atoms with E-state index in [0.29, 0.717) is 12.2 Å². The highest BCUT2D eigenvalue weighted by atomic mass is 16.8. The molecule has 2 rings (SSSR count). The topological polar surface area (TPSA) is 50.8 Å².